The van der Waals surface area contributed by atoms with Crippen LogP contribution >= 0.6 is 11.6 Å². The molecule has 0 radical (unpaired) electrons. The van der Waals surface area contributed by atoms with Crippen LogP contribution in [-0.4, -0.2) is 42.9 Å². The number of rotatable bonds is 3. The summed E-state index contributed by atoms with van der Waals surface area (Å²) in [6.07, 6.45) is 1.07. The van der Waals surface area contributed by atoms with Crippen molar-refractivity contribution in [1.29, 1.82) is 0 Å². The summed E-state index contributed by atoms with van der Waals surface area (Å²) in [5, 5.41) is 0. The van der Waals surface area contributed by atoms with Gasteiger partial charge in [0.15, 0.2) is 0 Å². The highest BCUT2D eigenvalue weighted by Gasteiger charge is 2.20. The Labute approximate surface area is 113 Å². The predicted octanol–water partition coefficient (Wildman–Crippen LogP) is 2.14. The number of halogens is 1. The molecule has 1 aromatic carbocycles. The number of carbonyl (C=O) groups is 1. The Morgan fingerprint density at radius 1 is 1.17 bits per heavy atom. The molecule has 1 saturated heterocycles. The van der Waals surface area contributed by atoms with Crippen LogP contribution in [0.25, 0.3) is 0 Å². The summed E-state index contributed by atoms with van der Waals surface area (Å²) in [5.41, 5.74) is 2.60. The van der Waals surface area contributed by atoms with Gasteiger partial charge in [-0.15, -0.1) is 11.6 Å². The number of aryl methyl sites for hydroxylation is 1. The number of hydrogen-bond acceptors (Lipinski definition) is 2. The van der Waals surface area contributed by atoms with Crippen LogP contribution in [0.15, 0.2) is 24.3 Å². The van der Waals surface area contributed by atoms with E-state index < -0.39 is 0 Å². The molecular weight excluding hydrogens is 248 g/mol. The number of alkyl halides is 1. The van der Waals surface area contributed by atoms with Crippen molar-refractivity contribution in [2.24, 2.45) is 0 Å². The molecule has 0 aliphatic carbocycles. The molecule has 1 fully saturated rings. The largest absolute Gasteiger partial charge is 0.368 e. The van der Waals surface area contributed by atoms with Crippen molar-refractivity contribution in [2.75, 3.05) is 37.0 Å². The van der Waals surface area contributed by atoms with Gasteiger partial charge in [0.05, 0.1) is 0 Å². The van der Waals surface area contributed by atoms with Crippen molar-refractivity contribution in [3.05, 3.63) is 29.8 Å². The van der Waals surface area contributed by atoms with Crippen molar-refractivity contribution >= 4 is 23.2 Å². The maximum Gasteiger partial charge on any atom is 0.237 e. The molecule has 0 bridgehead atoms. The quantitative estimate of drug-likeness (QED) is 0.783. The fourth-order valence-electron chi connectivity index (χ4n) is 2.24. The van der Waals surface area contributed by atoms with E-state index in [1.807, 2.05) is 4.90 Å². The molecule has 18 heavy (non-hydrogen) atoms. The molecule has 0 N–H and O–H groups in total. The summed E-state index contributed by atoms with van der Waals surface area (Å²) in [6.45, 7) is 5.45. The normalized spacial score (nSPS) is 15.9. The number of amides is 1. The number of anilines is 1. The smallest absolute Gasteiger partial charge is 0.237 e. The van der Waals surface area contributed by atoms with Crippen molar-refractivity contribution in [3.8, 4) is 0 Å². The van der Waals surface area contributed by atoms with Gasteiger partial charge in [-0.25, -0.2) is 0 Å². The zero-order valence-electron chi connectivity index (χ0n) is 10.7. The molecule has 1 aromatic rings. The Bertz CT molecular complexity index is 397. The number of benzene rings is 1. The molecule has 1 heterocycles. The lowest BCUT2D eigenvalue weighted by Crippen LogP contribution is -2.49. The van der Waals surface area contributed by atoms with Crippen molar-refractivity contribution in [1.82, 2.24) is 4.90 Å². The van der Waals surface area contributed by atoms with Crippen molar-refractivity contribution < 1.29 is 4.79 Å². The first-order valence-corrected chi connectivity index (χ1v) is 6.95. The van der Waals surface area contributed by atoms with E-state index >= 15 is 0 Å². The Kier molecular flexibility index (Phi) is 4.48. The highest BCUT2D eigenvalue weighted by Crippen LogP contribution is 2.17. The van der Waals surface area contributed by atoms with Crippen LogP contribution in [0.5, 0.6) is 0 Å². The molecule has 0 spiro atoms. The van der Waals surface area contributed by atoms with E-state index in [9.17, 15) is 4.79 Å². The minimum Gasteiger partial charge on any atom is -0.368 e. The van der Waals surface area contributed by atoms with Crippen LogP contribution in [0.3, 0.4) is 0 Å². The SMILES string of the molecule is CCc1ccc(N2CCN(C(=O)CCl)CC2)cc1. The van der Waals surface area contributed by atoms with Gasteiger partial charge in [-0.2, -0.15) is 0 Å². The molecular formula is C14H19ClN2O. The fourth-order valence-corrected chi connectivity index (χ4v) is 2.41. The molecule has 1 aliphatic rings. The Balaban J connectivity index is 1.94. The lowest BCUT2D eigenvalue weighted by Gasteiger charge is -2.36. The number of carbonyl (C=O) groups excluding carboxylic acids is 1. The monoisotopic (exact) mass is 266 g/mol. The summed E-state index contributed by atoms with van der Waals surface area (Å²) < 4.78 is 0. The van der Waals surface area contributed by atoms with Crippen LogP contribution < -0.4 is 4.90 Å². The number of nitrogens with zero attached hydrogens (tertiary/aromatic N) is 2. The highest BCUT2D eigenvalue weighted by molar-refractivity contribution is 6.27. The molecule has 0 aromatic heterocycles. The van der Waals surface area contributed by atoms with Crippen LogP contribution in [0.2, 0.25) is 0 Å². The minimum atomic E-state index is 0.0395. The van der Waals surface area contributed by atoms with Gasteiger partial charge < -0.3 is 9.80 Å². The zero-order chi connectivity index (χ0) is 13.0. The third-order valence-corrected chi connectivity index (χ3v) is 3.69. The van der Waals surface area contributed by atoms with E-state index in [0.717, 1.165) is 32.6 Å². The highest BCUT2D eigenvalue weighted by atomic mass is 35.5. The van der Waals surface area contributed by atoms with E-state index in [1.54, 1.807) is 0 Å². The molecule has 3 nitrogen and oxygen atoms in total. The average Bonchev–Trinajstić information content (AvgIpc) is 2.47. The van der Waals surface area contributed by atoms with Gasteiger partial charge in [0, 0.05) is 31.9 Å². The second kappa shape index (κ2) is 6.10. The molecule has 2 rings (SSSR count). The second-order valence-electron chi connectivity index (χ2n) is 4.52. The van der Waals surface area contributed by atoms with E-state index in [0.29, 0.717) is 0 Å². The van der Waals surface area contributed by atoms with Gasteiger partial charge in [-0.3, -0.25) is 4.79 Å². The van der Waals surface area contributed by atoms with Gasteiger partial charge >= 0.3 is 0 Å². The van der Waals surface area contributed by atoms with Crippen LogP contribution in [0.1, 0.15) is 12.5 Å². The summed E-state index contributed by atoms with van der Waals surface area (Å²) in [4.78, 5) is 15.6. The van der Waals surface area contributed by atoms with Gasteiger partial charge in [0.2, 0.25) is 5.91 Å². The fraction of sp³-hybridized carbons (Fsp3) is 0.500. The molecule has 0 saturated carbocycles. The van der Waals surface area contributed by atoms with E-state index in [4.69, 9.17) is 11.6 Å². The first-order valence-electron chi connectivity index (χ1n) is 6.42. The van der Waals surface area contributed by atoms with Crippen molar-refractivity contribution in [3.63, 3.8) is 0 Å². The topological polar surface area (TPSA) is 23.6 Å². The second-order valence-corrected chi connectivity index (χ2v) is 4.79. The maximum atomic E-state index is 11.5. The summed E-state index contributed by atoms with van der Waals surface area (Å²) in [5.74, 6) is 0.128. The Hall–Kier alpha value is -1.22. The van der Waals surface area contributed by atoms with E-state index in [1.165, 1.54) is 11.3 Å². The maximum absolute atomic E-state index is 11.5. The standard InChI is InChI=1S/C14H19ClN2O/c1-2-12-3-5-13(6-4-12)16-7-9-17(10-8-16)14(18)11-15/h3-6H,2,7-11H2,1H3. The third kappa shape index (κ3) is 2.96. The Morgan fingerprint density at radius 2 is 1.78 bits per heavy atom. The average molecular weight is 267 g/mol. The molecule has 0 unspecified atom stereocenters. The summed E-state index contributed by atoms with van der Waals surface area (Å²) >= 11 is 5.57. The zero-order valence-corrected chi connectivity index (χ0v) is 11.5. The Morgan fingerprint density at radius 3 is 2.28 bits per heavy atom. The molecule has 4 heteroatoms. The summed E-state index contributed by atoms with van der Waals surface area (Å²) in [7, 11) is 0. The van der Waals surface area contributed by atoms with Gasteiger partial charge in [-0.05, 0) is 24.1 Å². The van der Waals surface area contributed by atoms with Crippen LogP contribution in [0.4, 0.5) is 5.69 Å². The lowest BCUT2D eigenvalue weighted by molar-refractivity contribution is -0.128. The first kappa shape index (κ1) is 13.2. The molecule has 1 aliphatic heterocycles. The van der Waals surface area contributed by atoms with Gasteiger partial charge in [0.1, 0.15) is 5.88 Å². The number of hydrogen-bond donors (Lipinski definition) is 0. The van der Waals surface area contributed by atoms with Gasteiger partial charge in [0.25, 0.3) is 0 Å². The summed E-state index contributed by atoms with van der Waals surface area (Å²) in [6, 6.07) is 8.67. The first-order chi connectivity index (χ1) is 8.74. The third-order valence-electron chi connectivity index (χ3n) is 3.46. The van der Waals surface area contributed by atoms with Crippen molar-refractivity contribution in [2.45, 2.75) is 13.3 Å². The van der Waals surface area contributed by atoms with Crippen LogP contribution in [-0.2, 0) is 11.2 Å². The van der Waals surface area contributed by atoms with E-state index in [2.05, 4.69) is 36.1 Å². The molecule has 1 amide bonds. The van der Waals surface area contributed by atoms with Crippen LogP contribution in [0, 0.1) is 0 Å². The molecule has 0 atom stereocenters. The number of piperazine rings is 1. The van der Waals surface area contributed by atoms with Gasteiger partial charge in [-0.1, -0.05) is 19.1 Å². The van der Waals surface area contributed by atoms with E-state index in [-0.39, 0.29) is 11.8 Å². The minimum absolute atomic E-state index is 0.0395. The lowest BCUT2D eigenvalue weighted by atomic mass is 10.1. The molecule has 98 valence electrons. The predicted molar refractivity (Wildman–Crippen MR) is 75.3 cm³/mol.